The highest BCUT2D eigenvalue weighted by molar-refractivity contribution is 5.79. The van der Waals surface area contributed by atoms with E-state index in [4.69, 9.17) is 5.73 Å². The molecule has 0 radical (unpaired) electrons. The van der Waals surface area contributed by atoms with Gasteiger partial charge in [-0.3, -0.25) is 4.79 Å². The molecule has 0 unspecified atom stereocenters. The molecule has 0 saturated carbocycles. The van der Waals surface area contributed by atoms with E-state index in [1.807, 2.05) is 13.8 Å². The molecule has 3 nitrogen and oxygen atoms in total. The summed E-state index contributed by atoms with van der Waals surface area (Å²) < 4.78 is 26.7. The van der Waals surface area contributed by atoms with Crippen molar-refractivity contribution in [2.75, 3.05) is 6.54 Å². The minimum absolute atomic E-state index is 0.210. The van der Waals surface area contributed by atoms with E-state index in [9.17, 15) is 13.6 Å². The van der Waals surface area contributed by atoms with E-state index < -0.39 is 23.1 Å². The third kappa shape index (κ3) is 4.07. The minimum atomic E-state index is -0.707. The number of hydrogen-bond acceptors (Lipinski definition) is 2. The topological polar surface area (TPSA) is 55.1 Å². The van der Waals surface area contributed by atoms with Gasteiger partial charge in [0.25, 0.3) is 0 Å². The highest BCUT2D eigenvalue weighted by atomic mass is 19.1. The zero-order chi connectivity index (χ0) is 13.8. The lowest BCUT2D eigenvalue weighted by atomic mass is 10.00. The van der Waals surface area contributed by atoms with Gasteiger partial charge in [0, 0.05) is 11.1 Å². The van der Waals surface area contributed by atoms with E-state index in [0.717, 1.165) is 12.1 Å². The van der Waals surface area contributed by atoms with Crippen LogP contribution in [0.25, 0.3) is 0 Å². The molecule has 1 aromatic rings. The second-order valence-corrected chi connectivity index (χ2v) is 4.85. The maximum atomic E-state index is 13.4. The Balaban J connectivity index is 2.71. The molecule has 100 valence electrons. The van der Waals surface area contributed by atoms with Gasteiger partial charge in [0.15, 0.2) is 0 Å². The Morgan fingerprint density at radius 2 is 1.89 bits per heavy atom. The van der Waals surface area contributed by atoms with Crippen LogP contribution in [0.5, 0.6) is 0 Å². The molecule has 3 N–H and O–H groups in total. The summed E-state index contributed by atoms with van der Waals surface area (Å²) >= 11 is 0. The first-order chi connectivity index (χ1) is 8.35. The van der Waals surface area contributed by atoms with Crippen LogP contribution in [0.4, 0.5) is 8.78 Å². The molecule has 5 heteroatoms. The summed E-state index contributed by atoms with van der Waals surface area (Å²) in [6.07, 6.45) is 0.283. The Hall–Kier alpha value is -1.49. The Morgan fingerprint density at radius 3 is 2.39 bits per heavy atom. The molecule has 0 bridgehead atoms. The second-order valence-electron chi connectivity index (χ2n) is 4.85. The van der Waals surface area contributed by atoms with Gasteiger partial charge in [0.2, 0.25) is 5.91 Å². The van der Waals surface area contributed by atoms with Gasteiger partial charge in [-0.25, -0.2) is 8.78 Å². The first kappa shape index (κ1) is 14.6. The van der Waals surface area contributed by atoms with E-state index >= 15 is 0 Å². The molecule has 0 aliphatic rings. The van der Waals surface area contributed by atoms with Gasteiger partial charge < -0.3 is 11.1 Å². The number of amides is 1. The van der Waals surface area contributed by atoms with Crippen molar-refractivity contribution >= 4 is 5.91 Å². The van der Waals surface area contributed by atoms with Crippen molar-refractivity contribution < 1.29 is 13.6 Å². The molecule has 0 fully saturated rings. The third-order valence-electron chi connectivity index (χ3n) is 2.65. The normalized spacial score (nSPS) is 11.4. The van der Waals surface area contributed by atoms with E-state index in [2.05, 4.69) is 5.32 Å². The number of halogens is 2. The van der Waals surface area contributed by atoms with Crippen LogP contribution >= 0.6 is 0 Å². The zero-order valence-corrected chi connectivity index (χ0v) is 10.6. The quantitative estimate of drug-likeness (QED) is 0.843. The number of carbonyl (C=O) groups excluding carboxylic acids is 1. The number of carbonyl (C=O) groups is 1. The van der Waals surface area contributed by atoms with Crippen molar-refractivity contribution in [3.8, 4) is 0 Å². The standard InChI is InChI=1S/C13H18F2N2O/c1-13(2,6-7-16)17-12(18)8-9-10(14)4-3-5-11(9)15/h3-5H,6-8,16H2,1-2H3,(H,17,18). The molecule has 0 atom stereocenters. The molecule has 0 heterocycles. The van der Waals surface area contributed by atoms with Gasteiger partial charge in [-0.2, -0.15) is 0 Å². The number of nitrogens with one attached hydrogen (secondary N) is 1. The van der Waals surface area contributed by atoms with E-state index in [0.29, 0.717) is 13.0 Å². The predicted molar refractivity (Wildman–Crippen MR) is 66.0 cm³/mol. The summed E-state index contributed by atoms with van der Waals surface area (Å²) in [6.45, 7) is 4.06. The number of rotatable bonds is 5. The molecule has 18 heavy (non-hydrogen) atoms. The average Bonchev–Trinajstić information content (AvgIpc) is 2.22. The van der Waals surface area contributed by atoms with E-state index in [-0.39, 0.29) is 12.0 Å². The van der Waals surface area contributed by atoms with Gasteiger partial charge in [0.1, 0.15) is 11.6 Å². The Morgan fingerprint density at radius 1 is 1.33 bits per heavy atom. The largest absolute Gasteiger partial charge is 0.351 e. The monoisotopic (exact) mass is 256 g/mol. The van der Waals surface area contributed by atoms with E-state index in [1.54, 1.807) is 0 Å². The lowest BCUT2D eigenvalue weighted by Gasteiger charge is -2.25. The number of hydrogen-bond donors (Lipinski definition) is 2. The number of nitrogens with two attached hydrogens (primary N) is 1. The maximum Gasteiger partial charge on any atom is 0.225 e. The molecular formula is C13H18F2N2O. The average molecular weight is 256 g/mol. The van der Waals surface area contributed by atoms with Gasteiger partial charge in [-0.15, -0.1) is 0 Å². The van der Waals surface area contributed by atoms with Gasteiger partial charge >= 0.3 is 0 Å². The lowest BCUT2D eigenvalue weighted by molar-refractivity contribution is -0.122. The fourth-order valence-electron chi connectivity index (χ4n) is 1.71. The molecule has 1 amide bonds. The Labute approximate surface area is 105 Å². The fraction of sp³-hybridized carbons (Fsp3) is 0.462. The van der Waals surface area contributed by atoms with Crippen molar-refractivity contribution in [1.29, 1.82) is 0 Å². The molecule has 0 spiro atoms. The predicted octanol–water partition coefficient (Wildman–Crippen LogP) is 1.75. The van der Waals surface area contributed by atoms with Gasteiger partial charge in [-0.05, 0) is 38.9 Å². The Kier molecular flexibility index (Phi) is 4.78. The smallest absolute Gasteiger partial charge is 0.225 e. The number of benzene rings is 1. The summed E-state index contributed by atoms with van der Waals surface area (Å²) in [5.41, 5.74) is 4.73. The van der Waals surface area contributed by atoms with Crippen LogP contribution in [0.15, 0.2) is 18.2 Å². The summed E-state index contributed by atoms with van der Waals surface area (Å²) in [7, 11) is 0. The van der Waals surface area contributed by atoms with Crippen LogP contribution in [0.3, 0.4) is 0 Å². The van der Waals surface area contributed by atoms with Crippen LogP contribution in [-0.2, 0) is 11.2 Å². The van der Waals surface area contributed by atoms with E-state index in [1.165, 1.54) is 6.07 Å². The SMILES string of the molecule is CC(C)(CCN)NC(=O)Cc1c(F)cccc1F. The van der Waals surface area contributed by atoms with Crippen molar-refractivity contribution in [3.63, 3.8) is 0 Å². The van der Waals surface area contributed by atoms with Crippen molar-refractivity contribution in [3.05, 3.63) is 35.4 Å². The highest BCUT2D eigenvalue weighted by Gasteiger charge is 2.21. The van der Waals surface area contributed by atoms with Gasteiger partial charge in [0.05, 0.1) is 6.42 Å². The highest BCUT2D eigenvalue weighted by Crippen LogP contribution is 2.14. The first-order valence-electron chi connectivity index (χ1n) is 5.80. The van der Waals surface area contributed by atoms with Crippen LogP contribution in [-0.4, -0.2) is 18.0 Å². The minimum Gasteiger partial charge on any atom is -0.351 e. The zero-order valence-electron chi connectivity index (χ0n) is 10.6. The van der Waals surface area contributed by atoms with Crippen molar-refractivity contribution in [1.82, 2.24) is 5.32 Å². The van der Waals surface area contributed by atoms with Crippen LogP contribution in [0.1, 0.15) is 25.8 Å². The maximum absolute atomic E-state index is 13.4. The molecular weight excluding hydrogens is 238 g/mol. The molecule has 0 saturated heterocycles. The molecule has 0 aliphatic carbocycles. The van der Waals surface area contributed by atoms with Crippen molar-refractivity contribution in [2.24, 2.45) is 5.73 Å². The molecule has 0 aliphatic heterocycles. The van der Waals surface area contributed by atoms with Crippen LogP contribution in [0.2, 0.25) is 0 Å². The van der Waals surface area contributed by atoms with Gasteiger partial charge in [-0.1, -0.05) is 6.07 Å². The van der Waals surface area contributed by atoms with Crippen LogP contribution in [0, 0.1) is 11.6 Å². The molecule has 1 aromatic carbocycles. The molecule has 0 aromatic heterocycles. The summed E-state index contributed by atoms with van der Waals surface area (Å²) in [5.74, 6) is -1.83. The second kappa shape index (κ2) is 5.91. The third-order valence-corrected chi connectivity index (χ3v) is 2.65. The van der Waals surface area contributed by atoms with Crippen LogP contribution < -0.4 is 11.1 Å². The molecule has 1 rings (SSSR count). The lowest BCUT2D eigenvalue weighted by Crippen LogP contribution is -2.45. The summed E-state index contributed by atoms with van der Waals surface area (Å²) in [4.78, 5) is 11.7. The Bertz CT molecular complexity index is 413. The summed E-state index contributed by atoms with van der Waals surface area (Å²) in [5, 5.41) is 2.71. The fourth-order valence-corrected chi connectivity index (χ4v) is 1.71. The summed E-state index contributed by atoms with van der Waals surface area (Å²) in [6, 6.07) is 3.54. The van der Waals surface area contributed by atoms with Crippen molar-refractivity contribution in [2.45, 2.75) is 32.2 Å². The first-order valence-corrected chi connectivity index (χ1v) is 5.80.